The van der Waals surface area contributed by atoms with Crippen molar-refractivity contribution in [2.45, 2.75) is 13.3 Å². The predicted molar refractivity (Wildman–Crippen MR) is 68.6 cm³/mol. The van der Waals surface area contributed by atoms with E-state index in [1.165, 1.54) is 0 Å². The molecular weight excluding hydrogens is 246 g/mol. The van der Waals surface area contributed by atoms with Gasteiger partial charge in [0.2, 0.25) is 5.82 Å². The highest BCUT2D eigenvalue weighted by molar-refractivity contribution is 7.99. The van der Waals surface area contributed by atoms with Crippen LogP contribution < -0.4 is 4.65 Å². The molecule has 0 amide bonds. The van der Waals surface area contributed by atoms with Crippen molar-refractivity contribution in [1.82, 2.24) is 14.6 Å². The first-order valence-corrected chi connectivity index (χ1v) is 6.87. The maximum atomic E-state index is 12.5. The molecule has 6 heteroatoms. The molecule has 88 valence electrons. The molecule has 1 aromatic heterocycles. The second kappa shape index (κ2) is 4.87. The van der Waals surface area contributed by atoms with Gasteiger partial charge in [-0.3, -0.25) is 0 Å². The fourth-order valence-electron chi connectivity index (χ4n) is 1.69. The molecule has 0 N–H and O–H groups in total. The van der Waals surface area contributed by atoms with E-state index in [-0.39, 0.29) is 4.65 Å². The quantitative estimate of drug-likeness (QED) is 0.464. The lowest BCUT2D eigenvalue weighted by atomic mass is 10.4. The summed E-state index contributed by atoms with van der Waals surface area (Å²) in [5.41, 5.74) is 0. The number of rotatable bonds is 2. The van der Waals surface area contributed by atoms with Gasteiger partial charge in [-0.05, 0) is 0 Å². The molecule has 1 saturated heterocycles. The van der Waals surface area contributed by atoms with Crippen LogP contribution in [0.5, 0.6) is 0 Å². The molecule has 4 nitrogen and oxygen atoms in total. The van der Waals surface area contributed by atoms with E-state index < -0.39 is 0 Å². The number of hydrogen-bond donors (Lipinski definition) is 0. The average Bonchev–Trinajstić information content (AvgIpc) is 2.29. The summed E-state index contributed by atoms with van der Waals surface area (Å²) in [5, 5.41) is 12.9. The third-order valence-corrected chi connectivity index (χ3v) is 3.79. The predicted octanol–water partition coefficient (Wildman–Crippen LogP) is 2.24. The maximum absolute atomic E-state index is 12.5. The Morgan fingerprint density at radius 2 is 2.12 bits per heavy atom. The zero-order valence-electron chi connectivity index (χ0n) is 9.15. The van der Waals surface area contributed by atoms with Gasteiger partial charge in [0.1, 0.15) is 11.0 Å². The Hall–Kier alpha value is -0.360. The first-order valence-electron chi connectivity index (χ1n) is 5.34. The zero-order valence-corrected chi connectivity index (χ0v) is 10.7. The van der Waals surface area contributed by atoms with Crippen LogP contribution in [-0.2, 0) is 6.42 Å². The molecule has 0 spiro atoms. The highest BCUT2D eigenvalue weighted by Crippen LogP contribution is 2.26. The summed E-state index contributed by atoms with van der Waals surface area (Å²) in [5.74, 6) is 2.92. The van der Waals surface area contributed by atoms with Crippen LogP contribution in [-0.4, -0.2) is 34.6 Å². The standard InChI is InChI=1S/C10H14ClN3OS/c1-2-9-12-8(11)7-10(13-9)14(15)3-5-16-6-4-14/h7H,2-6H2,1H3. The number of thioether (sulfide) groups is 1. The molecule has 0 aliphatic carbocycles. The van der Waals surface area contributed by atoms with Gasteiger partial charge in [0.15, 0.2) is 0 Å². The lowest BCUT2D eigenvalue weighted by Gasteiger charge is -2.43. The van der Waals surface area contributed by atoms with E-state index in [0.29, 0.717) is 36.3 Å². The molecule has 1 aliphatic heterocycles. The zero-order chi connectivity index (χ0) is 11.6. The number of hydrogen-bond acceptors (Lipinski definition) is 4. The summed E-state index contributed by atoms with van der Waals surface area (Å²) >= 11 is 7.72. The Balaban J connectivity index is 2.34. The number of halogens is 1. The van der Waals surface area contributed by atoms with Gasteiger partial charge in [-0.15, -0.1) is 0 Å². The Kier molecular flexibility index (Phi) is 3.69. The van der Waals surface area contributed by atoms with E-state index in [1.54, 1.807) is 6.07 Å². The summed E-state index contributed by atoms with van der Waals surface area (Å²) in [6.07, 6.45) is 0.697. The van der Waals surface area contributed by atoms with Gasteiger partial charge in [-0.2, -0.15) is 16.7 Å². The fourth-order valence-corrected chi connectivity index (χ4v) is 2.93. The minimum Gasteiger partial charge on any atom is -0.626 e. The van der Waals surface area contributed by atoms with E-state index in [2.05, 4.69) is 9.97 Å². The number of nitrogens with zero attached hydrogens (tertiary/aromatic N) is 3. The summed E-state index contributed by atoms with van der Waals surface area (Å²) in [4.78, 5) is 8.38. The molecule has 16 heavy (non-hydrogen) atoms. The van der Waals surface area contributed by atoms with Crippen LogP contribution in [0.2, 0.25) is 5.15 Å². The third-order valence-electron chi connectivity index (χ3n) is 2.66. The van der Waals surface area contributed by atoms with Gasteiger partial charge >= 0.3 is 0 Å². The number of quaternary nitrogens is 1. The maximum Gasteiger partial charge on any atom is 0.232 e. The van der Waals surface area contributed by atoms with Gasteiger partial charge in [0.25, 0.3) is 0 Å². The Bertz CT molecular complexity index is 382. The largest absolute Gasteiger partial charge is 0.626 e. The van der Waals surface area contributed by atoms with Crippen LogP contribution in [0.3, 0.4) is 0 Å². The molecular formula is C10H14ClN3OS. The second-order valence-electron chi connectivity index (χ2n) is 3.77. The summed E-state index contributed by atoms with van der Waals surface area (Å²) in [6, 6.07) is 1.60. The first-order chi connectivity index (χ1) is 7.64. The van der Waals surface area contributed by atoms with Crippen molar-refractivity contribution >= 4 is 29.2 Å². The topological polar surface area (TPSA) is 48.8 Å². The first kappa shape index (κ1) is 12.1. The minimum absolute atomic E-state index is 0.359. The number of hydroxylamine groups is 2. The molecule has 1 fully saturated rings. The normalized spacial score (nSPS) is 19.7. The summed E-state index contributed by atoms with van der Waals surface area (Å²) < 4.78 is -0.359. The molecule has 0 bridgehead atoms. The van der Waals surface area contributed by atoms with Crippen LogP contribution >= 0.6 is 23.4 Å². The van der Waals surface area contributed by atoms with E-state index in [4.69, 9.17) is 11.6 Å². The van der Waals surface area contributed by atoms with Crippen LogP contribution in [0.4, 0.5) is 5.82 Å². The molecule has 0 aromatic carbocycles. The SMILES string of the molecule is CCc1nc(Cl)cc([N+]2([O-])CCSCC2)n1. The highest BCUT2D eigenvalue weighted by atomic mass is 35.5. The van der Waals surface area contributed by atoms with E-state index in [9.17, 15) is 5.21 Å². The molecule has 2 heterocycles. The molecule has 1 aliphatic rings. The van der Waals surface area contributed by atoms with Crippen molar-refractivity contribution < 1.29 is 0 Å². The van der Waals surface area contributed by atoms with Crippen molar-refractivity contribution in [2.24, 2.45) is 0 Å². The average molecular weight is 260 g/mol. The van der Waals surface area contributed by atoms with Crippen molar-refractivity contribution in [2.75, 3.05) is 24.6 Å². The fraction of sp³-hybridized carbons (Fsp3) is 0.600. The summed E-state index contributed by atoms with van der Waals surface area (Å²) in [6.45, 7) is 3.10. The monoisotopic (exact) mass is 259 g/mol. The van der Waals surface area contributed by atoms with Crippen molar-refractivity contribution in [3.63, 3.8) is 0 Å². The van der Waals surface area contributed by atoms with Gasteiger partial charge in [-0.1, -0.05) is 18.5 Å². The highest BCUT2D eigenvalue weighted by Gasteiger charge is 2.26. The van der Waals surface area contributed by atoms with Gasteiger partial charge in [0, 0.05) is 17.9 Å². The minimum atomic E-state index is -0.359. The molecule has 1 aromatic rings. The molecule has 0 saturated carbocycles. The van der Waals surface area contributed by atoms with Crippen LogP contribution in [0.25, 0.3) is 0 Å². The molecule has 2 rings (SSSR count). The second-order valence-corrected chi connectivity index (χ2v) is 5.38. The van der Waals surface area contributed by atoms with Gasteiger partial charge in [-0.25, -0.2) is 4.98 Å². The lowest BCUT2D eigenvalue weighted by Crippen LogP contribution is -2.50. The van der Waals surface area contributed by atoms with E-state index >= 15 is 0 Å². The lowest BCUT2D eigenvalue weighted by molar-refractivity contribution is 0.396. The smallest absolute Gasteiger partial charge is 0.232 e. The number of aromatic nitrogens is 2. The van der Waals surface area contributed by atoms with E-state index in [1.807, 2.05) is 18.7 Å². The van der Waals surface area contributed by atoms with Crippen LogP contribution in [0.1, 0.15) is 12.7 Å². The van der Waals surface area contributed by atoms with Crippen molar-refractivity contribution in [3.8, 4) is 0 Å². The van der Waals surface area contributed by atoms with Gasteiger partial charge < -0.3 is 9.85 Å². The Morgan fingerprint density at radius 3 is 2.75 bits per heavy atom. The molecule has 0 radical (unpaired) electrons. The van der Waals surface area contributed by atoms with Gasteiger partial charge in [0.05, 0.1) is 19.2 Å². The van der Waals surface area contributed by atoms with Crippen molar-refractivity contribution in [3.05, 3.63) is 22.3 Å². The number of aryl methyl sites for hydroxylation is 1. The molecule has 0 atom stereocenters. The van der Waals surface area contributed by atoms with Crippen LogP contribution in [0, 0.1) is 5.21 Å². The Morgan fingerprint density at radius 1 is 1.44 bits per heavy atom. The van der Waals surface area contributed by atoms with Crippen molar-refractivity contribution in [1.29, 1.82) is 0 Å². The van der Waals surface area contributed by atoms with Crippen LogP contribution in [0.15, 0.2) is 6.07 Å². The Labute approximate surface area is 104 Å². The van der Waals surface area contributed by atoms with E-state index in [0.717, 1.165) is 11.5 Å². The summed E-state index contributed by atoms with van der Waals surface area (Å²) in [7, 11) is 0. The third kappa shape index (κ3) is 2.48. The molecule has 0 unspecified atom stereocenters.